The number of nitro benzene ring substituents is 1. The molecule has 0 fully saturated rings. The van der Waals surface area contributed by atoms with Crippen LogP contribution in [-0.2, 0) is 9.53 Å². The normalized spacial score (nSPS) is 11.3. The van der Waals surface area contributed by atoms with Crippen LogP contribution >= 0.6 is 0 Å². The summed E-state index contributed by atoms with van der Waals surface area (Å²) in [6.45, 7) is 1.29. The molecule has 2 aromatic rings. The van der Waals surface area contributed by atoms with Crippen LogP contribution < -0.4 is 10.1 Å². The number of rotatable bonds is 6. The Bertz CT molecular complexity index is 855. The van der Waals surface area contributed by atoms with Crippen molar-refractivity contribution in [1.82, 2.24) is 0 Å². The molecule has 0 aromatic heterocycles. The minimum atomic E-state index is -1.26. The van der Waals surface area contributed by atoms with E-state index in [1.165, 1.54) is 50.4 Å². The number of halogens is 1. The number of nitrogens with one attached hydrogen (secondary N) is 1. The first-order chi connectivity index (χ1) is 12.3. The van der Waals surface area contributed by atoms with Gasteiger partial charge in [-0.25, -0.2) is 9.18 Å². The predicted octanol–water partition coefficient (Wildman–Crippen LogP) is 2.93. The molecular formula is C17H15FN2O6. The molecule has 1 amide bonds. The number of hydrogen-bond acceptors (Lipinski definition) is 6. The van der Waals surface area contributed by atoms with Crippen molar-refractivity contribution >= 4 is 23.3 Å². The number of nitrogens with zero attached hydrogens (tertiary/aromatic N) is 1. The summed E-state index contributed by atoms with van der Waals surface area (Å²) in [6.07, 6.45) is -1.26. The van der Waals surface area contributed by atoms with E-state index in [4.69, 9.17) is 9.47 Å². The highest BCUT2D eigenvalue weighted by molar-refractivity contribution is 5.98. The zero-order chi connectivity index (χ0) is 19.3. The lowest BCUT2D eigenvalue weighted by Gasteiger charge is -2.14. The number of ether oxygens (including phenoxy) is 2. The molecule has 0 unspecified atom stereocenters. The third-order valence-corrected chi connectivity index (χ3v) is 3.40. The maximum absolute atomic E-state index is 13.6. The summed E-state index contributed by atoms with van der Waals surface area (Å²) in [6, 6.07) is 9.01. The number of esters is 1. The van der Waals surface area contributed by atoms with Crippen molar-refractivity contribution in [2.45, 2.75) is 13.0 Å². The molecule has 26 heavy (non-hydrogen) atoms. The van der Waals surface area contributed by atoms with Crippen molar-refractivity contribution in [3.05, 3.63) is 64.0 Å². The van der Waals surface area contributed by atoms with E-state index in [2.05, 4.69) is 5.32 Å². The molecule has 0 saturated heterocycles. The molecule has 9 heteroatoms. The van der Waals surface area contributed by atoms with Crippen molar-refractivity contribution in [1.29, 1.82) is 0 Å². The van der Waals surface area contributed by atoms with Gasteiger partial charge in [0.15, 0.2) is 17.7 Å². The molecule has 0 heterocycles. The number of nitro groups is 1. The van der Waals surface area contributed by atoms with Gasteiger partial charge in [-0.15, -0.1) is 0 Å². The molecule has 0 bridgehead atoms. The van der Waals surface area contributed by atoms with Gasteiger partial charge in [0.2, 0.25) is 0 Å². The van der Waals surface area contributed by atoms with E-state index in [9.17, 15) is 24.1 Å². The van der Waals surface area contributed by atoms with Gasteiger partial charge in [-0.1, -0.05) is 12.1 Å². The monoisotopic (exact) mass is 362 g/mol. The standard InChI is InChI=1S/C17H15FN2O6/c1-10(16(21)19-13-5-3-4-6-14(13)20(23)24)26-17(22)11-7-8-15(25-2)12(18)9-11/h3-10H,1-2H3,(H,19,21)/t10-/m0/s1. The van der Waals surface area contributed by atoms with E-state index >= 15 is 0 Å². The SMILES string of the molecule is COc1ccc(C(=O)O[C@@H](C)C(=O)Nc2ccccc2[N+](=O)[O-])cc1F. The Balaban J connectivity index is 2.06. The number of methoxy groups -OCH3 is 1. The van der Waals surface area contributed by atoms with Crippen LogP contribution in [0.25, 0.3) is 0 Å². The van der Waals surface area contributed by atoms with Gasteiger partial charge in [0.05, 0.1) is 17.6 Å². The second-order valence-corrected chi connectivity index (χ2v) is 5.16. The Hall–Kier alpha value is -3.49. The van der Waals surface area contributed by atoms with Crippen LogP contribution in [0.1, 0.15) is 17.3 Å². The van der Waals surface area contributed by atoms with Crippen molar-refractivity contribution < 1.29 is 28.4 Å². The molecule has 2 aromatic carbocycles. The summed E-state index contributed by atoms with van der Waals surface area (Å²) in [5.74, 6) is -2.47. The minimum absolute atomic E-state index is 0.0270. The van der Waals surface area contributed by atoms with Gasteiger partial charge in [0, 0.05) is 6.07 Å². The summed E-state index contributed by atoms with van der Waals surface area (Å²) in [5, 5.41) is 13.3. The Kier molecular flexibility index (Phi) is 5.84. The van der Waals surface area contributed by atoms with Crippen LogP contribution in [0.2, 0.25) is 0 Å². The summed E-state index contributed by atoms with van der Waals surface area (Å²) in [7, 11) is 1.28. The fraction of sp³-hybridized carbons (Fsp3) is 0.176. The van der Waals surface area contributed by atoms with Gasteiger partial charge in [-0.05, 0) is 31.2 Å². The van der Waals surface area contributed by atoms with E-state index in [1.807, 2.05) is 0 Å². The van der Waals surface area contributed by atoms with E-state index in [0.29, 0.717) is 0 Å². The molecule has 0 aliphatic rings. The third kappa shape index (κ3) is 4.32. The summed E-state index contributed by atoms with van der Waals surface area (Å²) in [5.41, 5.74) is -0.425. The fourth-order valence-electron chi connectivity index (χ4n) is 2.05. The smallest absolute Gasteiger partial charge is 0.339 e. The van der Waals surface area contributed by atoms with E-state index < -0.39 is 28.7 Å². The van der Waals surface area contributed by atoms with Crippen LogP contribution in [-0.4, -0.2) is 30.0 Å². The number of anilines is 1. The largest absolute Gasteiger partial charge is 0.494 e. The van der Waals surface area contributed by atoms with E-state index in [0.717, 1.165) is 6.07 Å². The van der Waals surface area contributed by atoms with Gasteiger partial charge >= 0.3 is 5.97 Å². The highest BCUT2D eigenvalue weighted by Crippen LogP contribution is 2.23. The molecule has 0 aliphatic heterocycles. The zero-order valence-corrected chi connectivity index (χ0v) is 13.9. The zero-order valence-electron chi connectivity index (χ0n) is 13.9. The average molecular weight is 362 g/mol. The van der Waals surface area contributed by atoms with Crippen molar-refractivity contribution in [2.75, 3.05) is 12.4 Å². The van der Waals surface area contributed by atoms with Crippen LogP contribution in [0.5, 0.6) is 5.75 Å². The van der Waals surface area contributed by atoms with Crippen LogP contribution in [0.3, 0.4) is 0 Å². The molecule has 136 valence electrons. The van der Waals surface area contributed by atoms with E-state index in [-0.39, 0.29) is 22.7 Å². The van der Waals surface area contributed by atoms with Gasteiger partial charge < -0.3 is 14.8 Å². The maximum Gasteiger partial charge on any atom is 0.339 e. The van der Waals surface area contributed by atoms with Gasteiger partial charge in [-0.3, -0.25) is 14.9 Å². The first kappa shape index (κ1) is 18.8. The molecule has 0 spiro atoms. The van der Waals surface area contributed by atoms with Crippen LogP contribution in [0.15, 0.2) is 42.5 Å². The Morgan fingerprint density at radius 3 is 2.54 bits per heavy atom. The second kappa shape index (κ2) is 8.06. The average Bonchev–Trinajstić information content (AvgIpc) is 2.61. The number of carbonyl (C=O) groups is 2. The summed E-state index contributed by atoms with van der Waals surface area (Å²) in [4.78, 5) is 34.4. The second-order valence-electron chi connectivity index (χ2n) is 5.16. The Morgan fingerprint density at radius 1 is 1.23 bits per heavy atom. The molecule has 0 saturated carbocycles. The van der Waals surface area contributed by atoms with Crippen molar-refractivity contribution in [3.63, 3.8) is 0 Å². The number of para-hydroxylation sites is 2. The highest BCUT2D eigenvalue weighted by atomic mass is 19.1. The molecule has 0 radical (unpaired) electrons. The topological polar surface area (TPSA) is 108 Å². The summed E-state index contributed by atoms with van der Waals surface area (Å²) < 4.78 is 23.4. The molecule has 2 rings (SSSR count). The highest BCUT2D eigenvalue weighted by Gasteiger charge is 2.22. The van der Waals surface area contributed by atoms with Crippen molar-refractivity contribution in [2.24, 2.45) is 0 Å². The lowest BCUT2D eigenvalue weighted by molar-refractivity contribution is -0.383. The lowest BCUT2D eigenvalue weighted by atomic mass is 10.2. The van der Waals surface area contributed by atoms with Gasteiger partial charge in [0.1, 0.15) is 5.69 Å². The molecule has 1 N–H and O–H groups in total. The fourth-order valence-corrected chi connectivity index (χ4v) is 2.05. The summed E-state index contributed by atoms with van der Waals surface area (Å²) >= 11 is 0. The van der Waals surface area contributed by atoms with Crippen molar-refractivity contribution in [3.8, 4) is 5.75 Å². The molecule has 1 atom stereocenters. The van der Waals surface area contributed by atoms with Crippen LogP contribution in [0, 0.1) is 15.9 Å². The first-order valence-electron chi connectivity index (χ1n) is 7.42. The predicted molar refractivity (Wildman–Crippen MR) is 89.6 cm³/mol. The first-order valence-corrected chi connectivity index (χ1v) is 7.42. The number of amides is 1. The lowest BCUT2D eigenvalue weighted by Crippen LogP contribution is -2.30. The maximum atomic E-state index is 13.6. The molecule has 0 aliphatic carbocycles. The van der Waals surface area contributed by atoms with Crippen LogP contribution in [0.4, 0.5) is 15.8 Å². The molecular weight excluding hydrogens is 347 g/mol. The van der Waals surface area contributed by atoms with E-state index in [1.54, 1.807) is 0 Å². The molecule has 8 nitrogen and oxygen atoms in total. The number of benzene rings is 2. The Labute approximate surface area is 147 Å². The minimum Gasteiger partial charge on any atom is -0.494 e. The number of carbonyl (C=O) groups excluding carboxylic acids is 2. The van der Waals surface area contributed by atoms with Gasteiger partial charge in [0.25, 0.3) is 11.6 Å². The Morgan fingerprint density at radius 2 is 1.92 bits per heavy atom. The van der Waals surface area contributed by atoms with Gasteiger partial charge in [-0.2, -0.15) is 0 Å². The number of hydrogen-bond donors (Lipinski definition) is 1. The quantitative estimate of drug-likeness (QED) is 0.481. The third-order valence-electron chi connectivity index (χ3n) is 3.40.